The van der Waals surface area contributed by atoms with Gasteiger partial charge in [-0.1, -0.05) is 0 Å². The van der Waals surface area contributed by atoms with Crippen LogP contribution in [0, 0.1) is 0 Å². The second-order valence-electron chi connectivity index (χ2n) is 3.15. The summed E-state index contributed by atoms with van der Waals surface area (Å²) in [5.41, 5.74) is 0.754. The van der Waals surface area contributed by atoms with Gasteiger partial charge in [0.05, 0.1) is 29.5 Å². The monoisotopic (exact) mass is 252 g/mol. The van der Waals surface area contributed by atoms with Crippen molar-refractivity contribution < 1.29 is 19.4 Å². The number of nitrogens with zero attached hydrogens (tertiary/aromatic N) is 2. The van der Waals surface area contributed by atoms with Gasteiger partial charge in [0, 0.05) is 0 Å². The van der Waals surface area contributed by atoms with Crippen LogP contribution in [0.1, 0.15) is 27.6 Å². The zero-order chi connectivity index (χ0) is 12.4. The fraction of sp³-hybridized carbons (Fsp3) is 0.200. The molecule has 0 spiro atoms. The van der Waals surface area contributed by atoms with E-state index in [1.54, 1.807) is 6.92 Å². The molecule has 0 bridgehead atoms. The number of aromatic carboxylic acids is 1. The maximum absolute atomic E-state index is 11.6. The zero-order valence-corrected chi connectivity index (χ0v) is 9.65. The van der Waals surface area contributed by atoms with Gasteiger partial charge in [0.25, 0.3) is 0 Å². The molecule has 2 rings (SSSR count). The third kappa shape index (κ3) is 1.96. The molecule has 2 aromatic rings. The van der Waals surface area contributed by atoms with Gasteiger partial charge < -0.3 is 9.84 Å². The van der Waals surface area contributed by atoms with E-state index in [0.717, 1.165) is 11.7 Å². The molecular formula is C10H8N2O4S. The standard InChI is InChI=1S/C10H8N2O4S/c1-2-16-10(15)6-4-3-5(9(13)14)7-8(6)12-17-11-7/h3-4H,2H2,1H3,(H,13,14). The van der Waals surface area contributed by atoms with E-state index in [4.69, 9.17) is 9.84 Å². The van der Waals surface area contributed by atoms with Gasteiger partial charge in [0.15, 0.2) is 0 Å². The molecule has 0 aliphatic heterocycles. The van der Waals surface area contributed by atoms with Crippen LogP contribution < -0.4 is 0 Å². The lowest BCUT2D eigenvalue weighted by Gasteiger charge is -2.03. The lowest BCUT2D eigenvalue weighted by Crippen LogP contribution is -2.07. The quantitative estimate of drug-likeness (QED) is 0.834. The number of carbonyl (C=O) groups excluding carboxylic acids is 1. The fourth-order valence-corrected chi connectivity index (χ4v) is 1.99. The summed E-state index contributed by atoms with van der Waals surface area (Å²) in [5.74, 6) is -1.62. The van der Waals surface area contributed by atoms with Crippen LogP contribution in [0.25, 0.3) is 11.0 Å². The Morgan fingerprint density at radius 1 is 1.29 bits per heavy atom. The lowest BCUT2D eigenvalue weighted by atomic mass is 10.1. The molecule has 88 valence electrons. The Bertz CT molecular complexity index is 593. The van der Waals surface area contributed by atoms with Gasteiger partial charge in [-0.05, 0) is 19.1 Å². The lowest BCUT2D eigenvalue weighted by molar-refractivity contribution is 0.0527. The van der Waals surface area contributed by atoms with Gasteiger partial charge in [-0.15, -0.1) is 0 Å². The Balaban J connectivity index is 2.61. The number of benzene rings is 1. The van der Waals surface area contributed by atoms with Crippen molar-refractivity contribution in [3.63, 3.8) is 0 Å². The predicted molar refractivity (Wildman–Crippen MR) is 60.3 cm³/mol. The van der Waals surface area contributed by atoms with Crippen molar-refractivity contribution in [1.82, 2.24) is 8.75 Å². The summed E-state index contributed by atoms with van der Waals surface area (Å²) in [7, 11) is 0. The van der Waals surface area contributed by atoms with E-state index in [-0.39, 0.29) is 28.8 Å². The van der Waals surface area contributed by atoms with Crippen molar-refractivity contribution >= 4 is 34.7 Å². The molecule has 0 amide bonds. The van der Waals surface area contributed by atoms with Gasteiger partial charge in [0.1, 0.15) is 11.0 Å². The minimum absolute atomic E-state index is 0.0294. The average molecular weight is 252 g/mol. The smallest absolute Gasteiger partial charge is 0.340 e. The number of fused-ring (bicyclic) bond motifs is 1. The minimum Gasteiger partial charge on any atom is -0.478 e. The summed E-state index contributed by atoms with van der Waals surface area (Å²) in [4.78, 5) is 22.5. The van der Waals surface area contributed by atoms with Gasteiger partial charge >= 0.3 is 11.9 Å². The number of rotatable bonds is 3. The van der Waals surface area contributed by atoms with Crippen LogP contribution in [-0.4, -0.2) is 32.4 Å². The molecule has 1 aromatic heterocycles. The van der Waals surface area contributed by atoms with E-state index in [2.05, 4.69) is 8.75 Å². The molecular weight excluding hydrogens is 244 g/mol. The molecule has 0 aliphatic carbocycles. The van der Waals surface area contributed by atoms with Gasteiger partial charge in [-0.25, -0.2) is 9.59 Å². The number of esters is 1. The summed E-state index contributed by atoms with van der Waals surface area (Å²) in [6, 6.07) is 2.73. The Morgan fingerprint density at radius 2 is 1.88 bits per heavy atom. The molecule has 0 unspecified atom stereocenters. The zero-order valence-electron chi connectivity index (χ0n) is 8.84. The highest BCUT2D eigenvalue weighted by molar-refractivity contribution is 7.00. The number of ether oxygens (including phenoxy) is 1. The Labute approximate surface area is 100 Å². The topological polar surface area (TPSA) is 89.4 Å². The van der Waals surface area contributed by atoms with Crippen LogP contribution in [0.15, 0.2) is 12.1 Å². The molecule has 0 aliphatic rings. The van der Waals surface area contributed by atoms with Crippen LogP contribution in [0.5, 0.6) is 0 Å². The minimum atomic E-state index is -1.10. The second-order valence-corrected chi connectivity index (χ2v) is 3.68. The molecule has 0 fully saturated rings. The van der Waals surface area contributed by atoms with E-state index in [0.29, 0.717) is 0 Å². The van der Waals surface area contributed by atoms with E-state index >= 15 is 0 Å². The van der Waals surface area contributed by atoms with Crippen LogP contribution in [0.3, 0.4) is 0 Å². The highest BCUT2D eigenvalue weighted by Gasteiger charge is 2.19. The molecule has 0 radical (unpaired) electrons. The van der Waals surface area contributed by atoms with Crippen molar-refractivity contribution in [1.29, 1.82) is 0 Å². The first kappa shape index (κ1) is 11.5. The van der Waals surface area contributed by atoms with Crippen molar-refractivity contribution in [3.8, 4) is 0 Å². The Hall–Kier alpha value is -2.02. The first-order valence-electron chi connectivity index (χ1n) is 4.80. The maximum Gasteiger partial charge on any atom is 0.340 e. The summed E-state index contributed by atoms with van der Waals surface area (Å²) in [6.07, 6.45) is 0. The molecule has 17 heavy (non-hydrogen) atoms. The summed E-state index contributed by atoms with van der Waals surface area (Å²) < 4.78 is 12.7. The molecule has 0 saturated carbocycles. The van der Waals surface area contributed by atoms with Crippen molar-refractivity contribution in [2.75, 3.05) is 6.61 Å². The third-order valence-corrected chi connectivity index (χ3v) is 2.67. The van der Waals surface area contributed by atoms with E-state index in [9.17, 15) is 9.59 Å². The van der Waals surface area contributed by atoms with Crippen molar-refractivity contribution in [2.45, 2.75) is 6.92 Å². The molecule has 1 aromatic carbocycles. The van der Waals surface area contributed by atoms with Crippen LogP contribution >= 0.6 is 11.7 Å². The number of hydrogen-bond donors (Lipinski definition) is 1. The molecule has 6 nitrogen and oxygen atoms in total. The van der Waals surface area contributed by atoms with Crippen molar-refractivity contribution in [3.05, 3.63) is 23.3 Å². The summed E-state index contributed by atoms with van der Waals surface area (Å²) >= 11 is 0.863. The highest BCUT2D eigenvalue weighted by Crippen LogP contribution is 2.21. The first-order chi connectivity index (χ1) is 8.15. The Morgan fingerprint density at radius 3 is 2.47 bits per heavy atom. The average Bonchev–Trinajstić information content (AvgIpc) is 2.76. The highest BCUT2D eigenvalue weighted by atomic mass is 32.1. The normalized spacial score (nSPS) is 10.4. The number of carboxylic acid groups (broad SMARTS) is 1. The van der Waals surface area contributed by atoms with Gasteiger partial charge in [-0.3, -0.25) is 0 Å². The first-order valence-corrected chi connectivity index (χ1v) is 5.54. The van der Waals surface area contributed by atoms with E-state index < -0.39 is 11.9 Å². The Kier molecular flexibility index (Phi) is 3.01. The van der Waals surface area contributed by atoms with Gasteiger partial charge in [-0.2, -0.15) is 8.75 Å². The predicted octanol–water partition coefficient (Wildman–Crippen LogP) is 1.57. The van der Waals surface area contributed by atoms with Crippen molar-refractivity contribution in [2.24, 2.45) is 0 Å². The second kappa shape index (κ2) is 4.46. The number of carbonyl (C=O) groups is 2. The van der Waals surface area contributed by atoms with Crippen LogP contribution in [0.2, 0.25) is 0 Å². The molecule has 0 saturated heterocycles. The molecule has 7 heteroatoms. The number of hydrogen-bond acceptors (Lipinski definition) is 6. The van der Waals surface area contributed by atoms with Gasteiger partial charge in [0.2, 0.25) is 0 Å². The molecule has 1 N–H and O–H groups in total. The maximum atomic E-state index is 11.6. The molecule has 1 heterocycles. The number of carboxylic acids is 1. The largest absolute Gasteiger partial charge is 0.478 e. The van der Waals surface area contributed by atoms with E-state index in [1.165, 1.54) is 12.1 Å². The number of aromatic nitrogens is 2. The summed E-state index contributed by atoms with van der Waals surface area (Å²) in [5, 5.41) is 8.95. The third-order valence-electron chi connectivity index (χ3n) is 2.14. The molecule has 0 atom stereocenters. The van der Waals surface area contributed by atoms with E-state index in [1.807, 2.05) is 0 Å². The SMILES string of the molecule is CCOC(=O)c1ccc(C(=O)O)c2nsnc12. The fourth-order valence-electron chi connectivity index (χ4n) is 1.41. The van der Waals surface area contributed by atoms with Crippen LogP contribution in [-0.2, 0) is 4.74 Å². The summed E-state index contributed by atoms with van der Waals surface area (Å²) in [6.45, 7) is 1.94. The van der Waals surface area contributed by atoms with Crippen LogP contribution in [0.4, 0.5) is 0 Å².